The second kappa shape index (κ2) is 10.2. The molecule has 1 fully saturated rings. The van der Waals surface area contributed by atoms with Gasteiger partial charge in [-0.1, -0.05) is 11.3 Å². The molecule has 1 saturated heterocycles. The Morgan fingerprint density at radius 3 is 2.48 bits per heavy atom. The van der Waals surface area contributed by atoms with Crippen LogP contribution in [0.5, 0.6) is 5.19 Å². The minimum Gasteiger partial charge on any atom is -0.473 e. The number of nitrogens with zero attached hydrogens (tertiary/aromatic N) is 5. The fourth-order valence-corrected chi connectivity index (χ4v) is 6.12. The highest BCUT2D eigenvalue weighted by Crippen LogP contribution is 2.39. The number of halogens is 1. The minimum atomic E-state index is -0.578. The standard InChI is InChI=1S/C28H33FN6O4S/c1-15-12-34(13-16(2)35(15)27(37)39-28(3,4)5)21-9-8-19(23-24(21)40-26(31-23)38-7)25(36)30-18-10-17-14-33(6)32-22(17)20(29)11-18/h8-11,14-16H,12-13H2,1-7H3,(H,30,36)/t15-,16-/m0/s1. The van der Waals surface area contributed by atoms with E-state index in [1.165, 1.54) is 29.2 Å². The highest BCUT2D eigenvalue weighted by atomic mass is 32.1. The molecule has 0 bridgehead atoms. The highest BCUT2D eigenvalue weighted by Gasteiger charge is 2.36. The predicted octanol–water partition coefficient (Wildman–Crippen LogP) is 5.42. The van der Waals surface area contributed by atoms with Crippen molar-refractivity contribution in [1.82, 2.24) is 19.7 Å². The quantitative estimate of drug-likeness (QED) is 0.351. The van der Waals surface area contributed by atoms with E-state index in [9.17, 15) is 14.0 Å². The molecule has 1 aliphatic rings. The van der Waals surface area contributed by atoms with E-state index in [1.807, 2.05) is 40.7 Å². The van der Waals surface area contributed by atoms with Gasteiger partial charge in [0.25, 0.3) is 11.1 Å². The molecule has 3 heterocycles. The molecule has 2 aromatic carbocycles. The van der Waals surface area contributed by atoms with Crippen molar-refractivity contribution >= 4 is 55.8 Å². The number of methoxy groups -OCH3 is 1. The van der Waals surface area contributed by atoms with E-state index in [0.29, 0.717) is 40.4 Å². The zero-order valence-electron chi connectivity index (χ0n) is 23.6. The van der Waals surface area contributed by atoms with Crippen molar-refractivity contribution in [1.29, 1.82) is 0 Å². The fraction of sp³-hybridized carbons (Fsp3) is 0.429. The number of thiazole rings is 1. The lowest BCUT2D eigenvalue weighted by Gasteiger charge is -2.45. The van der Waals surface area contributed by atoms with Crippen molar-refractivity contribution in [3.63, 3.8) is 0 Å². The third kappa shape index (κ3) is 5.27. The number of amides is 2. The molecule has 1 N–H and O–H groups in total. The Morgan fingerprint density at radius 2 is 1.82 bits per heavy atom. The lowest BCUT2D eigenvalue weighted by molar-refractivity contribution is 0.00567. The zero-order chi connectivity index (χ0) is 28.9. The zero-order valence-corrected chi connectivity index (χ0v) is 24.4. The van der Waals surface area contributed by atoms with Crippen LogP contribution >= 0.6 is 11.3 Å². The number of carbonyl (C=O) groups is 2. The van der Waals surface area contributed by atoms with Gasteiger partial charge in [-0.15, -0.1) is 0 Å². The van der Waals surface area contributed by atoms with Crippen LogP contribution in [0.15, 0.2) is 30.5 Å². The van der Waals surface area contributed by atoms with Crippen LogP contribution in [0, 0.1) is 5.82 Å². The second-order valence-corrected chi connectivity index (χ2v) is 12.1. The molecule has 0 aliphatic carbocycles. The average Bonchev–Trinajstić information content (AvgIpc) is 3.45. The monoisotopic (exact) mass is 568 g/mol. The Bertz CT molecular complexity index is 1600. The van der Waals surface area contributed by atoms with E-state index in [-0.39, 0.29) is 23.7 Å². The van der Waals surface area contributed by atoms with Crippen LogP contribution in [0.25, 0.3) is 21.1 Å². The molecule has 1 aliphatic heterocycles. The van der Waals surface area contributed by atoms with Gasteiger partial charge in [0.2, 0.25) is 0 Å². The summed E-state index contributed by atoms with van der Waals surface area (Å²) in [6, 6.07) is 6.34. The normalized spacial score (nSPS) is 17.9. The van der Waals surface area contributed by atoms with E-state index in [0.717, 1.165) is 10.4 Å². The van der Waals surface area contributed by atoms with Gasteiger partial charge in [-0.25, -0.2) is 14.2 Å². The van der Waals surface area contributed by atoms with Crippen molar-refractivity contribution in [2.45, 2.75) is 52.3 Å². The first-order chi connectivity index (χ1) is 18.8. The first-order valence-electron chi connectivity index (χ1n) is 13.0. The molecule has 2 atom stereocenters. The molecule has 5 rings (SSSR count). The van der Waals surface area contributed by atoms with Crippen LogP contribution in [-0.2, 0) is 11.8 Å². The summed E-state index contributed by atoms with van der Waals surface area (Å²) < 4.78 is 28.0. The lowest BCUT2D eigenvalue weighted by atomic mass is 10.1. The number of nitrogens with one attached hydrogen (secondary N) is 1. The number of anilines is 2. The largest absolute Gasteiger partial charge is 0.473 e. The maximum Gasteiger partial charge on any atom is 0.410 e. The summed E-state index contributed by atoms with van der Waals surface area (Å²) >= 11 is 1.35. The Kier molecular flexibility index (Phi) is 7.07. The first kappa shape index (κ1) is 27.6. The third-order valence-corrected chi connectivity index (χ3v) is 7.76. The Morgan fingerprint density at radius 1 is 1.12 bits per heavy atom. The number of hydrogen-bond acceptors (Lipinski definition) is 8. The van der Waals surface area contributed by atoms with Crippen LogP contribution in [-0.4, -0.2) is 69.5 Å². The van der Waals surface area contributed by atoms with Crippen molar-refractivity contribution in [3.8, 4) is 5.19 Å². The number of hydrogen-bond donors (Lipinski definition) is 1. The summed E-state index contributed by atoms with van der Waals surface area (Å²) in [5.41, 5.74) is 1.73. The fourth-order valence-electron chi connectivity index (χ4n) is 5.17. The number of carbonyl (C=O) groups excluding carboxylic acids is 2. The summed E-state index contributed by atoms with van der Waals surface area (Å²) in [6.45, 7) is 10.7. The maximum absolute atomic E-state index is 14.6. The van der Waals surface area contributed by atoms with Crippen molar-refractivity contribution in [3.05, 3.63) is 41.8 Å². The number of aromatic nitrogens is 3. The second-order valence-electron chi connectivity index (χ2n) is 11.1. The molecule has 40 heavy (non-hydrogen) atoms. The molecule has 10 nitrogen and oxygen atoms in total. The molecular weight excluding hydrogens is 535 g/mol. The average molecular weight is 569 g/mol. The molecule has 0 radical (unpaired) electrons. The Hall–Kier alpha value is -3.93. The van der Waals surface area contributed by atoms with E-state index in [2.05, 4.69) is 20.3 Å². The molecule has 0 saturated carbocycles. The molecule has 2 aromatic heterocycles. The van der Waals surface area contributed by atoms with Gasteiger partial charge in [0.05, 0.1) is 35.1 Å². The summed E-state index contributed by atoms with van der Waals surface area (Å²) in [4.78, 5) is 34.8. The summed E-state index contributed by atoms with van der Waals surface area (Å²) in [5, 5.41) is 7.93. The van der Waals surface area contributed by atoms with E-state index in [4.69, 9.17) is 9.47 Å². The number of fused-ring (bicyclic) bond motifs is 2. The molecule has 0 spiro atoms. The minimum absolute atomic E-state index is 0.108. The van der Waals surface area contributed by atoms with Gasteiger partial charge < -0.3 is 19.7 Å². The van der Waals surface area contributed by atoms with Gasteiger partial charge in [0, 0.05) is 37.4 Å². The number of aryl methyl sites for hydroxylation is 1. The first-order valence-corrected chi connectivity index (χ1v) is 13.8. The molecule has 4 aromatic rings. The number of ether oxygens (including phenoxy) is 2. The Labute approximate surface area is 235 Å². The third-order valence-electron chi connectivity index (χ3n) is 6.72. The van der Waals surface area contributed by atoms with Crippen LogP contribution in [0.3, 0.4) is 0 Å². The molecule has 2 amide bonds. The van der Waals surface area contributed by atoms with Gasteiger partial charge >= 0.3 is 6.09 Å². The molecule has 12 heteroatoms. The van der Waals surface area contributed by atoms with Crippen LogP contribution in [0.1, 0.15) is 45.0 Å². The number of rotatable bonds is 4. The van der Waals surface area contributed by atoms with Crippen molar-refractivity contribution in [2.24, 2.45) is 7.05 Å². The van der Waals surface area contributed by atoms with Crippen molar-refractivity contribution < 1.29 is 23.5 Å². The predicted molar refractivity (Wildman–Crippen MR) is 154 cm³/mol. The summed E-state index contributed by atoms with van der Waals surface area (Å²) in [7, 11) is 3.25. The lowest BCUT2D eigenvalue weighted by Crippen LogP contribution is -2.59. The van der Waals surface area contributed by atoms with E-state index in [1.54, 1.807) is 30.3 Å². The van der Waals surface area contributed by atoms with Gasteiger partial charge in [0.15, 0.2) is 5.82 Å². The summed E-state index contributed by atoms with van der Waals surface area (Å²) in [5.74, 6) is -0.929. The van der Waals surface area contributed by atoms with Gasteiger partial charge in [-0.05, 0) is 58.9 Å². The summed E-state index contributed by atoms with van der Waals surface area (Å²) in [6.07, 6.45) is 1.36. The topological polar surface area (TPSA) is 102 Å². The van der Waals surface area contributed by atoms with Crippen LogP contribution < -0.4 is 15.0 Å². The SMILES string of the molecule is COc1nc2c(C(=O)Nc3cc(F)c4nn(C)cc4c3)ccc(N3C[C@H](C)N(C(=O)OC(C)(C)C)[C@@H](C)C3)c2s1. The molecule has 0 unspecified atom stereocenters. The van der Waals surface area contributed by atoms with E-state index >= 15 is 0 Å². The molecule has 212 valence electrons. The van der Waals surface area contributed by atoms with Crippen LogP contribution in [0.2, 0.25) is 0 Å². The highest BCUT2D eigenvalue weighted by molar-refractivity contribution is 7.21. The molecular formula is C28H33FN6O4S. The number of benzene rings is 2. The number of piperazine rings is 1. The van der Waals surface area contributed by atoms with Crippen molar-refractivity contribution in [2.75, 3.05) is 30.4 Å². The Balaban J connectivity index is 1.44. The maximum atomic E-state index is 14.6. The van der Waals surface area contributed by atoms with Crippen LogP contribution in [0.4, 0.5) is 20.6 Å². The van der Waals surface area contributed by atoms with Gasteiger partial charge in [0.1, 0.15) is 16.6 Å². The van der Waals surface area contributed by atoms with E-state index < -0.39 is 17.3 Å². The van der Waals surface area contributed by atoms with Gasteiger partial charge in [-0.3, -0.25) is 14.4 Å². The van der Waals surface area contributed by atoms with Gasteiger partial charge in [-0.2, -0.15) is 5.10 Å². The smallest absolute Gasteiger partial charge is 0.410 e.